The van der Waals surface area contributed by atoms with Gasteiger partial charge in [0.15, 0.2) is 17.2 Å². The maximum atomic E-state index is 17.8. The minimum atomic E-state index is -1.98. The van der Waals surface area contributed by atoms with Gasteiger partial charge in [-0.25, -0.2) is 9.18 Å². The van der Waals surface area contributed by atoms with Gasteiger partial charge in [0.25, 0.3) is 0 Å². The Morgan fingerprint density at radius 1 is 1.07 bits per heavy atom. The summed E-state index contributed by atoms with van der Waals surface area (Å²) in [6.07, 6.45) is 8.76. The molecule has 8 rings (SSSR count). The molecule has 0 saturated heterocycles. The minimum absolute atomic E-state index is 0.0991. The molecular formula is C33H44FNO6. The van der Waals surface area contributed by atoms with Crippen LogP contribution >= 0.6 is 0 Å². The third kappa shape index (κ3) is 3.09. The number of amides is 1. The van der Waals surface area contributed by atoms with Crippen LogP contribution in [0.25, 0.3) is 0 Å². The molecule has 10 atom stereocenters. The van der Waals surface area contributed by atoms with Crippen molar-refractivity contribution >= 4 is 17.7 Å². The van der Waals surface area contributed by atoms with E-state index in [2.05, 4.69) is 19.2 Å². The number of carboxylic acid groups (broad SMARTS) is 1. The number of allylic oxidation sites excluding steroid dienone is 4. The lowest BCUT2D eigenvalue weighted by Gasteiger charge is -2.71. The van der Waals surface area contributed by atoms with Gasteiger partial charge in [-0.15, -0.1) is 0 Å². The Bertz CT molecular complexity index is 1280. The van der Waals surface area contributed by atoms with Gasteiger partial charge < -0.3 is 20.6 Å². The molecule has 7 nitrogen and oxygen atoms in total. The predicted octanol–water partition coefficient (Wildman–Crippen LogP) is 4.76. The van der Waals surface area contributed by atoms with E-state index in [0.717, 1.165) is 37.7 Å². The lowest BCUT2D eigenvalue weighted by atomic mass is 9.33. The van der Waals surface area contributed by atoms with Crippen molar-refractivity contribution in [2.45, 2.75) is 102 Å². The lowest BCUT2D eigenvalue weighted by molar-refractivity contribution is -0.243. The second kappa shape index (κ2) is 8.31. The molecule has 1 amide bonds. The number of carbonyl (C=O) groups excluding carboxylic acids is 2. The SMILES string of the molecule is C[C@H]1CC2C3CCC4=CC(=O)C=C[C@]4(C)C3(F)[C@@H](O)C[C@]2(C)[C@@]1(C(=O)CO)C12CC3CC(CC(NC(=O)O)(C3)C1)C2. The normalized spacial score (nSPS) is 54.7. The van der Waals surface area contributed by atoms with E-state index in [0.29, 0.717) is 37.5 Å². The lowest BCUT2D eigenvalue weighted by Crippen LogP contribution is -2.73. The van der Waals surface area contributed by atoms with Gasteiger partial charge in [-0.1, -0.05) is 25.5 Å². The summed E-state index contributed by atoms with van der Waals surface area (Å²) in [5.41, 5.74) is -5.24. The van der Waals surface area contributed by atoms with Crippen molar-refractivity contribution in [2.75, 3.05) is 6.61 Å². The average molecular weight is 570 g/mol. The van der Waals surface area contributed by atoms with E-state index in [9.17, 15) is 29.7 Å². The second-order valence-corrected chi connectivity index (χ2v) is 15.7. The summed E-state index contributed by atoms with van der Waals surface area (Å²) < 4.78 is 17.8. The summed E-state index contributed by atoms with van der Waals surface area (Å²) in [6, 6.07) is 0. The van der Waals surface area contributed by atoms with Crippen LogP contribution in [-0.4, -0.2) is 56.9 Å². The summed E-state index contributed by atoms with van der Waals surface area (Å²) in [6.45, 7) is 5.38. The molecule has 0 aromatic rings. The van der Waals surface area contributed by atoms with Gasteiger partial charge in [-0.2, -0.15) is 0 Å². The molecule has 0 radical (unpaired) electrons. The van der Waals surface area contributed by atoms with Gasteiger partial charge in [0, 0.05) is 22.3 Å². The van der Waals surface area contributed by atoms with Crippen molar-refractivity contribution in [3.05, 3.63) is 23.8 Å². The molecule has 7 fully saturated rings. The molecule has 41 heavy (non-hydrogen) atoms. The minimum Gasteiger partial charge on any atom is -0.465 e. The number of rotatable bonds is 4. The third-order valence-electron chi connectivity index (χ3n) is 14.1. The Morgan fingerprint density at radius 3 is 2.39 bits per heavy atom. The van der Waals surface area contributed by atoms with E-state index in [1.807, 2.05) is 6.92 Å². The van der Waals surface area contributed by atoms with Crippen molar-refractivity contribution in [1.29, 1.82) is 0 Å². The van der Waals surface area contributed by atoms with Crippen LogP contribution in [0.4, 0.5) is 9.18 Å². The molecule has 4 N–H and O–H groups in total. The fraction of sp³-hybridized carbons (Fsp3) is 0.788. The van der Waals surface area contributed by atoms with E-state index >= 15 is 4.39 Å². The van der Waals surface area contributed by atoms with Crippen LogP contribution in [-0.2, 0) is 9.59 Å². The Balaban J connectivity index is 1.38. The van der Waals surface area contributed by atoms with E-state index < -0.39 is 57.6 Å². The molecule has 0 aliphatic heterocycles. The standard InChI is InChI=1S/C33H44FNO6/c1-18-8-24-23-5-4-21-10-22(37)6-7-28(21,2)33(23,34)25(38)15-29(24,3)32(18,26(39)16-36)30-11-19-9-20(12-30)14-31(13-19,17-30)35-27(40)41/h6-7,10,18-20,23-25,35-36,38H,4-5,8-9,11-17H2,1-3H3,(H,40,41)/t18-,19?,20?,23?,24?,25-,28-,29-,30?,31?,32+,33?/m0/s1. The van der Waals surface area contributed by atoms with Crippen LogP contribution in [0, 0.1) is 51.2 Å². The highest BCUT2D eigenvalue weighted by Crippen LogP contribution is 2.81. The molecule has 8 aliphatic carbocycles. The molecule has 7 saturated carbocycles. The van der Waals surface area contributed by atoms with Crippen LogP contribution in [0.3, 0.4) is 0 Å². The fourth-order valence-corrected chi connectivity index (χ4v) is 13.8. The number of fused-ring (bicyclic) bond motifs is 5. The van der Waals surface area contributed by atoms with Gasteiger partial charge in [0.2, 0.25) is 0 Å². The predicted molar refractivity (Wildman–Crippen MR) is 148 cm³/mol. The van der Waals surface area contributed by atoms with Crippen molar-refractivity contribution in [2.24, 2.45) is 51.2 Å². The fourth-order valence-electron chi connectivity index (χ4n) is 13.8. The highest BCUT2D eigenvalue weighted by molar-refractivity contribution is 6.01. The number of aliphatic hydroxyl groups excluding tert-OH is 2. The smallest absolute Gasteiger partial charge is 0.405 e. The first kappa shape index (κ1) is 27.8. The topological polar surface area (TPSA) is 124 Å². The zero-order chi connectivity index (χ0) is 29.4. The molecular weight excluding hydrogens is 525 g/mol. The van der Waals surface area contributed by atoms with E-state index in [-0.39, 0.29) is 29.8 Å². The quantitative estimate of drug-likeness (QED) is 0.387. The number of hydrogen-bond donors (Lipinski definition) is 4. The van der Waals surface area contributed by atoms with Crippen molar-refractivity contribution in [3.63, 3.8) is 0 Å². The van der Waals surface area contributed by atoms with Crippen LogP contribution in [0.5, 0.6) is 0 Å². The molecule has 0 aromatic heterocycles. The molecule has 4 bridgehead atoms. The van der Waals surface area contributed by atoms with Crippen LogP contribution < -0.4 is 5.32 Å². The number of Topliss-reactive ketones (excluding diaryl/α,β-unsaturated/α-hetero) is 1. The van der Waals surface area contributed by atoms with Crippen molar-refractivity contribution in [3.8, 4) is 0 Å². The number of hydrogen-bond acceptors (Lipinski definition) is 5. The molecule has 5 unspecified atom stereocenters. The first-order chi connectivity index (χ1) is 19.2. The first-order valence-electron chi connectivity index (χ1n) is 15.7. The molecule has 0 spiro atoms. The van der Waals surface area contributed by atoms with E-state index in [1.54, 1.807) is 12.2 Å². The van der Waals surface area contributed by atoms with Gasteiger partial charge in [0.05, 0.1) is 6.10 Å². The summed E-state index contributed by atoms with van der Waals surface area (Å²) >= 11 is 0. The second-order valence-electron chi connectivity index (χ2n) is 15.7. The maximum absolute atomic E-state index is 17.8. The summed E-state index contributed by atoms with van der Waals surface area (Å²) in [4.78, 5) is 38.7. The summed E-state index contributed by atoms with van der Waals surface area (Å²) in [5.74, 6) is -0.635. The number of alkyl halides is 1. The summed E-state index contributed by atoms with van der Waals surface area (Å²) in [5, 5.41) is 35.3. The number of ketones is 2. The Kier molecular flexibility index (Phi) is 5.62. The third-order valence-corrected chi connectivity index (χ3v) is 14.1. The van der Waals surface area contributed by atoms with E-state index in [4.69, 9.17) is 0 Å². The number of aliphatic hydroxyl groups is 2. The number of halogens is 1. The number of nitrogens with one attached hydrogen (secondary N) is 1. The largest absolute Gasteiger partial charge is 0.465 e. The van der Waals surface area contributed by atoms with Crippen LogP contribution in [0.2, 0.25) is 0 Å². The van der Waals surface area contributed by atoms with Crippen molar-refractivity contribution < 1.29 is 34.1 Å². The van der Waals surface area contributed by atoms with E-state index in [1.165, 1.54) is 6.08 Å². The monoisotopic (exact) mass is 569 g/mol. The van der Waals surface area contributed by atoms with Gasteiger partial charge >= 0.3 is 6.09 Å². The molecule has 0 heterocycles. The zero-order valence-electron chi connectivity index (χ0n) is 24.4. The van der Waals surface area contributed by atoms with Gasteiger partial charge in [0.1, 0.15) is 6.61 Å². The molecule has 224 valence electrons. The Hall–Kier alpha value is -2.06. The average Bonchev–Trinajstić information content (AvgIpc) is 3.10. The van der Waals surface area contributed by atoms with Gasteiger partial charge in [-0.05, 0) is 118 Å². The highest BCUT2D eigenvalue weighted by atomic mass is 19.1. The summed E-state index contributed by atoms with van der Waals surface area (Å²) in [7, 11) is 0. The molecule has 8 aliphatic rings. The maximum Gasteiger partial charge on any atom is 0.405 e. The van der Waals surface area contributed by atoms with Gasteiger partial charge in [-0.3, -0.25) is 9.59 Å². The molecule has 8 heteroatoms. The zero-order valence-corrected chi connectivity index (χ0v) is 24.4. The number of carbonyl (C=O) groups is 3. The van der Waals surface area contributed by atoms with Crippen LogP contribution in [0.1, 0.15) is 85.0 Å². The Labute approximate surface area is 241 Å². The molecule has 0 aromatic carbocycles. The Morgan fingerprint density at radius 2 is 1.76 bits per heavy atom. The van der Waals surface area contributed by atoms with Crippen LogP contribution in [0.15, 0.2) is 23.8 Å². The first-order valence-corrected chi connectivity index (χ1v) is 15.7. The highest BCUT2D eigenvalue weighted by Gasteiger charge is 2.81. The van der Waals surface area contributed by atoms with Crippen molar-refractivity contribution in [1.82, 2.24) is 5.32 Å².